The Kier molecular flexibility index (Phi) is 6.51. The highest BCUT2D eigenvalue weighted by Gasteiger charge is 2.08. The van der Waals surface area contributed by atoms with Crippen molar-refractivity contribution in [2.24, 2.45) is 5.92 Å². The van der Waals surface area contributed by atoms with Gasteiger partial charge in [0.1, 0.15) is 15.7 Å². The van der Waals surface area contributed by atoms with Gasteiger partial charge in [0.25, 0.3) is 0 Å². The van der Waals surface area contributed by atoms with Crippen molar-refractivity contribution in [2.45, 2.75) is 40.3 Å². The maximum absolute atomic E-state index is 11.4. The normalized spacial score (nSPS) is 12.2. The Bertz CT molecular complexity index is 466. The van der Waals surface area contributed by atoms with Crippen LogP contribution in [0.5, 0.6) is 0 Å². The molecule has 1 aromatic rings. The Hall–Kier alpha value is -0.880. The summed E-state index contributed by atoms with van der Waals surface area (Å²) in [6.45, 7) is 8.40. The van der Waals surface area contributed by atoms with Gasteiger partial charge in [-0.15, -0.1) is 0 Å². The van der Waals surface area contributed by atoms with Crippen LogP contribution in [-0.4, -0.2) is 36.0 Å². The molecule has 110 valence electrons. The van der Waals surface area contributed by atoms with Gasteiger partial charge in [-0.3, -0.25) is 0 Å². The Labute approximate surface area is 116 Å². The van der Waals surface area contributed by atoms with Crippen molar-refractivity contribution < 1.29 is 8.42 Å². The molecule has 1 N–H and O–H groups in total. The van der Waals surface area contributed by atoms with Gasteiger partial charge in [0.05, 0.1) is 12.3 Å². The number of hydrogen-bond donors (Lipinski definition) is 1. The molecular weight excluding hydrogens is 262 g/mol. The van der Waals surface area contributed by atoms with Crippen LogP contribution in [0.4, 0.5) is 0 Å². The predicted octanol–water partition coefficient (Wildman–Crippen LogP) is 1.45. The Morgan fingerprint density at radius 1 is 1.42 bits per heavy atom. The lowest BCUT2D eigenvalue weighted by atomic mass is 10.2. The number of aromatic nitrogens is 2. The second-order valence-corrected chi connectivity index (χ2v) is 7.62. The maximum atomic E-state index is 11.4. The minimum absolute atomic E-state index is 0.222. The summed E-state index contributed by atoms with van der Waals surface area (Å²) in [7, 11) is -2.86. The fraction of sp³-hybridized carbons (Fsp3) is 0.769. The fourth-order valence-electron chi connectivity index (χ4n) is 1.78. The van der Waals surface area contributed by atoms with Gasteiger partial charge >= 0.3 is 0 Å². The molecule has 6 heteroatoms. The van der Waals surface area contributed by atoms with E-state index in [0.29, 0.717) is 18.9 Å². The summed E-state index contributed by atoms with van der Waals surface area (Å²) in [5, 5.41) is 3.34. The van der Waals surface area contributed by atoms with E-state index < -0.39 is 9.84 Å². The number of imidazole rings is 1. The summed E-state index contributed by atoms with van der Waals surface area (Å²) in [4.78, 5) is 4.30. The van der Waals surface area contributed by atoms with Crippen LogP contribution in [0.2, 0.25) is 0 Å². The van der Waals surface area contributed by atoms with E-state index in [1.165, 1.54) is 0 Å². The monoisotopic (exact) mass is 287 g/mol. The number of sulfone groups is 1. The lowest BCUT2D eigenvalue weighted by molar-refractivity contribution is 0.524. The van der Waals surface area contributed by atoms with Crippen LogP contribution in [0, 0.1) is 5.92 Å². The molecule has 5 nitrogen and oxygen atoms in total. The molecule has 0 aromatic carbocycles. The molecule has 0 fully saturated rings. The third-order valence-electron chi connectivity index (χ3n) is 2.93. The topological polar surface area (TPSA) is 64.0 Å². The van der Waals surface area contributed by atoms with Crippen LogP contribution >= 0.6 is 0 Å². The first-order chi connectivity index (χ1) is 8.94. The van der Waals surface area contributed by atoms with Crippen molar-refractivity contribution in [3.05, 3.63) is 18.2 Å². The average molecular weight is 287 g/mol. The maximum Gasteiger partial charge on any atom is 0.150 e. The van der Waals surface area contributed by atoms with Gasteiger partial charge in [-0.2, -0.15) is 0 Å². The first-order valence-electron chi connectivity index (χ1n) is 6.85. The number of rotatable bonds is 9. The van der Waals surface area contributed by atoms with E-state index in [2.05, 4.69) is 24.1 Å². The lowest BCUT2D eigenvalue weighted by Crippen LogP contribution is -2.21. The standard InChI is InChI=1S/C13H25N3O2S/c1-4-19(17,18)9-5-7-16-8-6-15-13(16)11-14-10-12(2)3/h6,8,12,14H,4-5,7,9-11H2,1-3H3. The molecule has 0 unspecified atom stereocenters. The molecule has 0 aliphatic rings. The third kappa shape index (κ3) is 6.20. The first-order valence-corrected chi connectivity index (χ1v) is 8.68. The van der Waals surface area contributed by atoms with Gasteiger partial charge < -0.3 is 9.88 Å². The Morgan fingerprint density at radius 3 is 2.79 bits per heavy atom. The minimum Gasteiger partial charge on any atom is -0.334 e. The molecule has 1 aromatic heterocycles. The van der Waals surface area contributed by atoms with Crippen LogP contribution in [0.15, 0.2) is 12.4 Å². The van der Waals surface area contributed by atoms with Crippen molar-refractivity contribution in [3.63, 3.8) is 0 Å². The molecule has 0 saturated carbocycles. The highest BCUT2D eigenvalue weighted by atomic mass is 32.2. The number of aryl methyl sites for hydroxylation is 1. The third-order valence-corrected chi connectivity index (χ3v) is 4.72. The van der Waals surface area contributed by atoms with E-state index in [9.17, 15) is 8.42 Å². The van der Waals surface area contributed by atoms with E-state index >= 15 is 0 Å². The second kappa shape index (κ2) is 7.65. The van der Waals surface area contributed by atoms with Crippen molar-refractivity contribution in [1.82, 2.24) is 14.9 Å². The van der Waals surface area contributed by atoms with Crippen LogP contribution in [-0.2, 0) is 22.9 Å². The van der Waals surface area contributed by atoms with E-state index in [0.717, 1.165) is 18.9 Å². The summed E-state index contributed by atoms with van der Waals surface area (Å²) in [6.07, 6.45) is 4.31. The van der Waals surface area contributed by atoms with E-state index in [-0.39, 0.29) is 11.5 Å². The zero-order chi connectivity index (χ0) is 14.3. The summed E-state index contributed by atoms with van der Waals surface area (Å²) >= 11 is 0. The Morgan fingerprint density at radius 2 is 2.16 bits per heavy atom. The molecule has 0 bridgehead atoms. The summed E-state index contributed by atoms with van der Waals surface area (Å²) in [5.41, 5.74) is 0. The number of nitrogens with zero attached hydrogens (tertiary/aromatic N) is 2. The van der Waals surface area contributed by atoms with Gasteiger partial charge in [-0.1, -0.05) is 20.8 Å². The molecule has 0 spiro atoms. The van der Waals surface area contributed by atoms with Gasteiger partial charge in [-0.05, 0) is 18.9 Å². The Balaban J connectivity index is 2.40. The largest absolute Gasteiger partial charge is 0.334 e. The average Bonchev–Trinajstić information content (AvgIpc) is 2.76. The highest BCUT2D eigenvalue weighted by molar-refractivity contribution is 7.91. The van der Waals surface area contributed by atoms with Crippen molar-refractivity contribution in [1.29, 1.82) is 0 Å². The van der Waals surface area contributed by atoms with Gasteiger partial charge in [-0.25, -0.2) is 13.4 Å². The van der Waals surface area contributed by atoms with E-state index in [1.807, 2.05) is 10.8 Å². The molecule has 0 aliphatic carbocycles. The van der Waals surface area contributed by atoms with Crippen molar-refractivity contribution in [2.75, 3.05) is 18.1 Å². The smallest absolute Gasteiger partial charge is 0.150 e. The van der Waals surface area contributed by atoms with Crippen molar-refractivity contribution in [3.8, 4) is 0 Å². The quantitative estimate of drug-likeness (QED) is 0.747. The molecule has 0 radical (unpaired) electrons. The molecule has 0 amide bonds. The second-order valence-electron chi connectivity index (χ2n) is 5.15. The summed E-state index contributed by atoms with van der Waals surface area (Å²) in [5.74, 6) is 2.05. The van der Waals surface area contributed by atoms with Crippen LogP contribution in [0.25, 0.3) is 0 Å². The molecule has 0 saturated heterocycles. The summed E-state index contributed by atoms with van der Waals surface area (Å²) < 4.78 is 24.9. The molecular formula is C13H25N3O2S. The molecule has 0 aliphatic heterocycles. The van der Waals surface area contributed by atoms with Gasteiger partial charge in [0.2, 0.25) is 0 Å². The fourth-order valence-corrected chi connectivity index (χ4v) is 2.64. The highest BCUT2D eigenvalue weighted by Crippen LogP contribution is 2.02. The van der Waals surface area contributed by atoms with Crippen LogP contribution < -0.4 is 5.32 Å². The predicted molar refractivity (Wildman–Crippen MR) is 77.7 cm³/mol. The van der Waals surface area contributed by atoms with Crippen molar-refractivity contribution >= 4 is 9.84 Å². The zero-order valence-electron chi connectivity index (χ0n) is 12.1. The lowest BCUT2D eigenvalue weighted by Gasteiger charge is -2.10. The molecule has 1 heterocycles. The van der Waals surface area contributed by atoms with Gasteiger partial charge in [0.15, 0.2) is 0 Å². The zero-order valence-corrected chi connectivity index (χ0v) is 12.9. The molecule has 0 atom stereocenters. The molecule has 19 heavy (non-hydrogen) atoms. The molecule has 1 rings (SSSR count). The van der Waals surface area contributed by atoms with E-state index in [4.69, 9.17) is 0 Å². The SMILES string of the molecule is CCS(=O)(=O)CCCn1ccnc1CNCC(C)C. The first kappa shape index (κ1) is 16.2. The summed E-state index contributed by atoms with van der Waals surface area (Å²) in [6, 6.07) is 0. The minimum atomic E-state index is -2.86. The number of hydrogen-bond acceptors (Lipinski definition) is 4. The van der Waals surface area contributed by atoms with Crippen LogP contribution in [0.3, 0.4) is 0 Å². The van der Waals surface area contributed by atoms with Crippen LogP contribution in [0.1, 0.15) is 33.0 Å². The number of nitrogens with one attached hydrogen (secondary N) is 1. The van der Waals surface area contributed by atoms with E-state index in [1.54, 1.807) is 13.1 Å². The van der Waals surface area contributed by atoms with Gasteiger partial charge in [0, 0.05) is 24.7 Å².